The van der Waals surface area contributed by atoms with E-state index in [0.29, 0.717) is 4.34 Å². The van der Waals surface area contributed by atoms with Crippen molar-refractivity contribution < 1.29 is 18.1 Å². The van der Waals surface area contributed by atoms with Gasteiger partial charge in [0.1, 0.15) is 4.21 Å². The smallest absolute Gasteiger partial charge is 0.274 e. The quantitative estimate of drug-likeness (QED) is 0.589. The van der Waals surface area contributed by atoms with E-state index in [1.165, 1.54) is 44.3 Å². The molecule has 1 aromatic carbocycles. The van der Waals surface area contributed by atoms with Crippen LogP contribution in [-0.2, 0) is 14.8 Å². The fourth-order valence-electron chi connectivity index (χ4n) is 2.02. The van der Waals surface area contributed by atoms with Crippen molar-refractivity contribution in [3.63, 3.8) is 0 Å². The number of sulfonamides is 1. The summed E-state index contributed by atoms with van der Waals surface area (Å²) in [5.41, 5.74) is 0.410. The van der Waals surface area contributed by atoms with Crippen LogP contribution in [0.2, 0.25) is 4.34 Å². The highest BCUT2D eigenvalue weighted by Gasteiger charge is 2.25. The van der Waals surface area contributed by atoms with Gasteiger partial charge in [0, 0.05) is 13.1 Å². The molecule has 0 radical (unpaired) electrons. The number of nitrogens with zero attached hydrogens (tertiary/aromatic N) is 2. The molecule has 0 atom stereocenters. The maximum Gasteiger partial charge on any atom is 0.274 e. The second-order valence-electron chi connectivity index (χ2n) is 5.07. The zero-order valence-electron chi connectivity index (χ0n) is 13.2. The zero-order chi connectivity index (χ0) is 18.8. The lowest BCUT2D eigenvalue weighted by molar-refractivity contribution is -0.385. The Bertz CT molecular complexity index is 926. The Morgan fingerprint density at radius 1 is 1.36 bits per heavy atom. The van der Waals surface area contributed by atoms with E-state index >= 15 is 0 Å². The van der Waals surface area contributed by atoms with Gasteiger partial charge in [0.2, 0.25) is 5.91 Å². The van der Waals surface area contributed by atoms with Crippen molar-refractivity contribution in [2.75, 3.05) is 18.9 Å². The normalized spacial score (nSPS) is 11.5. The monoisotopic (exact) mass is 403 g/mol. The van der Waals surface area contributed by atoms with Crippen LogP contribution in [0.25, 0.3) is 0 Å². The largest absolute Gasteiger partial charge is 0.324 e. The van der Waals surface area contributed by atoms with Crippen molar-refractivity contribution in [3.05, 3.63) is 50.3 Å². The summed E-state index contributed by atoms with van der Waals surface area (Å²) in [4.78, 5) is 22.5. The molecule has 1 amide bonds. The fourth-order valence-corrected chi connectivity index (χ4v) is 4.84. The lowest BCUT2D eigenvalue weighted by atomic mass is 10.1. The molecule has 2 rings (SSSR count). The number of amides is 1. The van der Waals surface area contributed by atoms with E-state index in [2.05, 4.69) is 5.32 Å². The van der Waals surface area contributed by atoms with Gasteiger partial charge in [-0.3, -0.25) is 14.9 Å². The third kappa shape index (κ3) is 4.34. The molecule has 25 heavy (non-hydrogen) atoms. The molecule has 0 saturated carbocycles. The van der Waals surface area contributed by atoms with Gasteiger partial charge < -0.3 is 5.32 Å². The van der Waals surface area contributed by atoms with E-state index in [1.54, 1.807) is 0 Å². The average Bonchev–Trinajstić information content (AvgIpc) is 2.96. The molecule has 2 aromatic rings. The van der Waals surface area contributed by atoms with Crippen LogP contribution in [0.1, 0.15) is 5.56 Å². The molecule has 1 heterocycles. The summed E-state index contributed by atoms with van der Waals surface area (Å²) in [5, 5.41) is 13.4. The lowest BCUT2D eigenvalue weighted by Crippen LogP contribution is -2.34. The van der Waals surface area contributed by atoms with Crippen LogP contribution in [0.3, 0.4) is 0 Å². The summed E-state index contributed by atoms with van der Waals surface area (Å²) in [5.74, 6) is -0.614. The maximum atomic E-state index is 12.4. The van der Waals surface area contributed by atoms with Gasteiger partial charge in [0.15, 0.2) is 0 Å². The summed E-state index contributed by atoms with van der Waals surface area (Å²) >= 11 is 6.63. The molecule has 1 aromatic heterocycles. The van der Waals surface area contributed by atoms with Crippen molar-refractivity contribution in [2.24, 2.45) is 0 Å². The summed E-state index contributed by atoms with van der Waals surface area (Å²) in [7, 11) is -2.57. The van der Waals surface area contributed by atoms with E-state index in [1.807, 2.05) is 0 Å². The van der Waals surface area contributed by atoms with Gasteiger partial charge in [-0.25, -0.2) is 8.42 Å². The average molecular weight is 404 g/mol. The summed E-state index contributed by atoms with van der Waals surface area (Å²) < 4.78 is 25.9. The van der Waals surface area contributed by atoms with Crippen LogP contribution in [0, 0.1) is 17.0 Å². The summed E-state index contributed by atoms with van der Waals surface area (Å²) in [6.45, 7) is 1.06. The number of hydrogen-bond acceptors (Lipinski definition) is 6. The number of anilines is 1. The Hall–Kier alpha value is -2.01. The van der Waals surface area contributed by atoms with Crippen molar-refractivity contribution in [2.45, 2.75) is 11.1 Å². The second kappa shape index (κ2) is 7.48. The van der Waals surface area contributed by atoms with Crippen molar-refractivity contribution in [3.8, 4) is 0 Å². The predicted molar refractivity (Wildman–Crippen MR) is 95.6 cm³/mol. The summed E-state index contributed by atoms with van der Waals surface area (Å²) in [6.07, 6.45) is 0. The topological polar surface area (TPSA) is 110 Å². The highest BCUT2D eigenvalue weighted by Crippen LogP contribution is 2.28. The Balaban J connectivity index is 2.13. The van der Waals surface area contributed by atoms with Crippen LogP contribution in [0.4, 0.5) is 11.4 Å². The highest BCUT2D eigenvalue weighted by atomic mass is 35.5. The molecule has 0 aliphatic heterocycles. The first kappa shape index (κ1) is 19.3. The minimum absolute atomic E-state index is 0.0272. The standard InChI is InChI=1S/C14H14ClN3O5S2/c1-9-10(4-3-5-11(9)18(20)21)16-13(19)8-17(2)25(22,23)14-7-6-12(15)24-14/h3-7H,8H2,1-2H3,(H,16,19). The molecule has 0 fully saturated rings. The second-order valence-corrected chi connectivity index (χ2v) is 9.06. The number of carbonyl (C=O) groups is 1. The van der Waals surface area contributed by atoms with Gasteiger partial charge in [-0.2, -0.15) is 4.31 Å². The molecule has 0 saturated heterocycles. The van der Waals surface area contributed by atoms with Gasteiger partial charge in [-0.1, -0.05) is 17.7 Å². The van der Waals surface area contributed by atoms with E-state index in [4.69, 9.17) is 11.6 Å². The molecular weight excluding hydrogens is 390 g/mol. The summed E-state index contributed by atoms with van der Waals surface area (Å²) in [6, 6.07) is 7.09. The Morgan fingerprint density at radius 2 is 2.04 bits per heavy atom. The first-order valence-corrected chi connectivity index (χ1v) is 9.52. The molecule has 11 heteroatoms. The van der Waals surface area contributed by atoms with E-state index in [9.17, 15) is 23.3 Å². The SMILES string of the molecule is Cc1c(NC(=O)CN(C)S(=O)(=O)c2ccc(Cl)s2)cccc1[N+](=O)[O-]. The van der Waals surface area contributed by atoms with Gasteiger partial charge in [0.25, 0.3) is 15.7 Å². The van der Waals surface area contributed by atoms with Gasteiger partial charge in [0.05, 0.1) is 27.1 Å². The van der Waals surface area contributed by atoms with Crippen LogP contribution in [0.15, 0.2) is 34.5 Å². The van der Waals surface area contributed by atoms with Crippen LogP contribution >= 0.6 is 22.9 Å². The first-order chi connectivity index (χ1) is 11.6. The number of hydrogen-bond donors (Lipinski definition) is 1. The van der Waals surface area contributed by atoms with Crippen molar-refractivity contribution >= 4 is 50.2 Å². The molecule has 134 valence electrons. The van der Waals surface area contributed by atoms with Crippen molar-refractivity contribution in [1.82, 2.24) is 4.31 Å². The number of rotatable bonds is 6. The minimum atomic E-state index is -3.84. The van der Waals surface area contributed by atoms with Gasteiger partial charge in [-0.05, 0) is 25.1 Å². The number of likely N-dealkylation sites (N-methyl/N-ethyl adjacent to an activating group) is 1. The molecule has 0 aliphatic rings. The van der Waals surface area contributed by atoms with E-state index < -0.39 is 27.4 Å². The maximum absolute atomic E-state index is 12.4. The van der Waals surface area contributed by atoms with E-state index in [0.717, 1.165) is 15.6 Å². The van der Waals surface area contributed by atoms with Crippen molar-refractivity contribution in [1.29, 1.82) is 0 Å². The number of carbonyl (C=O) groups excluding carboxylic acids is 1. The Labute approximate surface area is 153 Å². The molecule has 0 bridgehead atoms. The lowest BCUT2D eigenvalue weighted by Gasteiger charge is -2.16. The van der Waals surface area contributed by atoms with Gasteiger partial charge >= 0.3 is 0 Å². The molecule has 0 spiro atoms. The molecule has 0 aliphatic carbocycles. The highest BCUT2D eigenvalue weighted by molar-refractivity contribution is 7.91. The molecule has 0 unspecified atom stereocenters. The number of benzene rings is 1. The predicted octanol–water partition coefficient (Wildman–Crippen LogP) is 2.88. The Morgan fingerprint density at radius 3 is 2.60 bits per heavy atom. The number of thiophene rings is 1. The van der Waals surface area contributed by atoms with E-state index in [-0.39, 0.29) is 21.1 Å². The molecule has 8 nitrogen and oxygen atoms in total. The van der Waals surface area contributed by atoms with Crippen LogP contribution < -0.4 is 5.32 Å². The first-order valence-electron chi connectivity index (χ1n) is 6.88. The van der Waals surface area contributed by atoms with Crippen LogP contribution in [-0.4, -0.2) is 37.1 Å². The molecule has 1 N–H and O–H groups in total. The Kier molecular flexibility index (Phi) is 5.78. The number of nitro groups is 1. The fraction of sp³-hybridized carbons (Fsp3) is 0.214. The third-order valence-corrected chi connectivity index (χ3v) is 6.86. The number of halogens is 1. The number of nitro benzene ring substituents is 1. The zero-order valence-corrected chi connectivity index (χ0v) is 15.6. The minimum Gasteiger partial charge on any atom is -0.324 e. The van der Waals surface area contributed by atoms with Crippen LogP contribution in [0.5, 0.6) is 0 Å². The van der Waals surface area contributed by atoms with Gasteiger partial charge in [-0.15, -0.1) is 11.3 Å². The number of nitrogens with one attached hydrogen (secondary N) is 1. The molecular formula is C14H14ClN3O5S2. The third-order valence-electron chi connectivity index (χ3n) is 3.36.